The molecule has 0 amide bonds. The second-order valence-electron chi connectivity index (χ2n) is 5.40. The molecule has 2 rings (SSSR count). The van der Waals surface area contributed by atoms with E-state index in [2.05, 4.69) is 4.90 Å². The highest BCUT2D eigenvalue weighted by atomic mass is 35.5. The Hall–Kier alpha value is -0.620. The second-order valence-corrected chi connectivity index (χ2v) is 7.61. The third-order valence-corrected chi connectivity index (χ3v) is 5.99. The van der Waals surface area contributed by atoms with Crippen LogP contribution < -0.4 is 0 Å². The maximum absolute atomic E-state index is 12.6. The van der Waals surface area contributed by atoms with Crippen molar-refractivity contribution in [3.05, 3.63) is 29.8 Å². The van der Waals surface area contributed by atoms with Crippen molar-refractivity contribution in [1.29, 1.82) is 0 Å². The highest BCUT2D eigenvalue weighted by molar-refractivity contribution is 7.89. The first-order chi connectivity index (χ1) is 9.45. The van der Waals surface area contributed by atoms with Crippen molar-refractivity contribution in [2.75, 3.05) is 27.2 Å². The third kappa shape index (κ3) is 3.34. The number of sulfonamides is 1. The molecule has 1 heterocycles. The van der Waals surface area contributed by atoms with Gasteiger partial charge in [-0.05, 0) is 44.6 Å². The minimum Gasteiger partial charge on any atom is -0.305 e. The Balaban J connectivity index is 2.20. The van der Waals surface area contributed by atoms with Crippen molar-refractivity contribution in [1.82, 2.24) is 9.21 Å². The van der Waals surface area contributed by atoms with Gasteiger partial charge in [-0.15, -0.1) is 11.6 Å². The van der Waals surface area contributed by atoms with Crippen molar-refractivity contribution >= 4 is 21.6 Å². The summed E-state index contributed by atoms with van der Waals surface area (Å²) in [5.41, 5.74) is 0.926. The fourth-order valence-corrected chi connectivity index (χ4v) is 4.15. The van der Waals surface area contributed by atoms with Gasteiger partial charge >= 0.3 is 0 Å². The zero-order valence-corrected chi connectivity index (χ0v) is 13.5. The van der Waals surface area contributed by atoms with Gasteiger partial charge in [0.2, 0.25) is 10.0 Å². The molecular weight excluding hydrogens is 296 g/mol. The molecule has 0 aromatic heterocycles. The molecule has 6 heteroatoms. The highest BCUT2D eigenvalue weighted by Crippen LogP contribution is 2.22. The van der Waals surface area contributed by atoms with Gasteiger partial charge in [-0.1, -0.05) is 12.1 Å². The van der Waals surface area contributed by atoms with E-state index in [4.69, 9.17) is 11.6 Å². The monoisotopic (exact) mass is 316 g/mol. The molecule has 0 aliphatic carbocycles. The topological polar surface area (TPSA) is 40.6 Å². The number of hydrogen-bond acceptors (Lipinski definition) is 3. The summed E-state index contributed by atoms with van der Waals surface area (Å²) in [6, 6.07) is 7.12. The van der Waals surface area contributed by atoms with E-state index < -0.39 is 10.0 Å². The molecule has 0 saturated carbocycles. The zero-order chi connectivity index (χ0) is 14.8. The minimum absolute atomic E-state index is 0.292. The molecule has 1 aliphatic heterocycles. The lowest BCUT2D eigenvalue weighted by molar-refractivity contribution is 0.190. The molecule has 1 aromatic rings. The second kappa shape index (κ2) is 6.43. The van der Waals surface area contributed by atoms with E-state index in [1.807, 2.05) is 14.1 Å². The molecule has 112 valence electrons. The molecule has 1 aliphatic rings. The first kappa shape index (κ1) is 15.8. The van der Waals surface area contributed by atoms with Gasteiger partial charge in [-0.2, -0.15) is 4.31 Å². The summed E-state index contributed by atoms with van der Waals surface area (Å²) in [5.74, 6) is 0.396. The molecule has 1 aromatic carbocycles. The lowest BCUT2D eigenvalue weighted by atomic mass is 10.1. The molecule has 1 atom stereocenters. The van der Waals surface area contributed by atoms with E-state index in [-0.39, 0.29) is 0 Å². The fourth-order valence-electron chi connectivity index (χ4n) is 2.46. The largest absolute Gasteiger partial charge is 0.305 e. The van der Waals surface area contributed by atoms with Gasteiger partial charge < -0.3 is 4.90 Å². The maximum atomic E-state index is 12.6. The predicted molar refractivity (Wildman–Crippen MR) is 81.5 cm³/mol. The Morgan fingerprint density at radius 2 is 1.95 bits per heavy atom. The maximum Gasteiger partial charge on any atom is 0.243 e. The summed E-state index contributed by atoms with van der Waals surface area (Å²) in [5, 5.41) is 0. The van der Waals surface area contributed by atoms with Crippen LogP contribution in [0.25, 0.3) is 0 Å². The Kier molecular flexibility index (Phi) is 5.07. The van der Waals surface area contributed by atoms with Crippen LogP contribution in [0.4, 0.5) is 0 Å². The van der Waals surface area contributed by atoms with Gasteiger partial charge in [0.25, 0.3) is 0 Å². The van der Waals surface area contributed by atoms with E-state index in [0.717, 1.165) is 18.4 Å². The molecule has 0 N–H and O–H groups in total. The third-order valence-electron chi connectivity index (χ3n) is 3.80. The Morgan fingerprint density at radius 1 is 1.30 bits per heavy atom. The summed E-state index contributed by atoms with van der Waals surface area (Å²) in [6.45, 7) is 1.16. The van der Waals surface area contributed by atoms with Crippen molar-refractivity contribution in [2.45, 2.75) is 29.7 Å². The van der Waals surface area contributed by atoms with Gasteiger partial charge in [-0.25, -0.2) is 8.42 Å². The molecule has 0 radical (unpaired) electrons. The molecule has 0 spiro atoms. The van der Waals surface area contributed by atoms with Crippen LogP contribution >= 0.6 is 11.6 Å². The lowest BCUT2D eigenvalue weighted by Gasteiger charge is -2.35. The fraction of sp³-hybridized carbons (Fsp3) is 0.571. The summed E-state index contributed by atoms with van der Waals surface area (Å²) in [4.78, 5) is 2.45. The van der Waals surface area contributed by atoms with Crippen molar-refractivity contribution in [3.63, 3.8) is 0 Å². The summed E-state index contributed by atoms with van der Waals surface area (Å²) in [7, 11) is 0.602. The van der Waals surface area contributed by atoms with Crippen LogP contribution in [0.15, 0.2) is 29.2 Å². The summed E-state index contributed by atoms with van der Waals surface area (Å²) < 4.78 is 26.9. The number of alkyl halides is 1. The van der Waals surface area contributed by atoms with Gasteiger partial charge in [0.15, 0.2) is 0 Å². The number of likely N-dealkylation sites (N-methyl/N-ethyl adjacent to an activating group) is 1. The number of rotatable bonds is 4. The van der Waals surface area contributed by atoms with E-state index in [0.29, 0.717) is 29.9 Å². The smallest absolute Gasteiger partial charge is 0.243 e. The van der Waals surface area contributed by atoms with Crippen LogP contribution in [0.1, 0.15) is 18.4 Å². The quantitative estimate of drug-likeness (QED) is 0.799. The molecule has 0 bridgehead atoms. The van der Waals surface area contributed by atoms with E-state index in [9.17, 15) is 8.42 Å². The molecule has 1 saturated heterocycles. The number of benzene rings is 1. The SMILES string of the molecule is CN(C)C1CCCN(S(=O)(=O)c2ccc(CCl)cc2)C1. The standard InChI is InChI=1S/C14H21ClN2O2S/c1-16(2)13-4-3-9-17(11-13)20(18,19)14-7-5-12(10-15)6-8-14/h5-8,13H,3-4,9-11H2,1-2H3. The highest BCUT2D eigenvalue weighted by Gasteiger charge is 2.30. The first-order valence-electron chi connectivity index (χ1n) is 6.76. The molecule has 1 fully saturated rings. The van der Waals surface area contributed by atoms with E-state index >= 15 is 0 Å². The first-order valence-corrected chi connectivity index (χ1v) is 8.74. The van der Waals surface area contributed by atoms with Gasteiger partial charge in [0, 0.05) is 25.0 Å². The molecule has 20 heavy (non-hydrogen) atoms. The van der Waals surface area contributed by atoms with Crippen LogP contribution in [0.2, 0.25) is 0 Å². The van der Waals surface area contributed by atoms with Crippen LogP contribution in [0.3, 0.4) is 0 Å². The van der Waals surface area contributed by atoms with Crippen LogP contribution in [0.5, 0.6) is 0 Å². The van der Waals surface area contributed by atoms with Crippen molar-refractivity contribution in [2.24, 2.45) is 0 Å². The van der Waals surface area contributed by atoms with Crippen LogP contribution in [-0.2, 0) is 15.9 Å². The van der Waals surface area contributed by atoms with E-state index in [1.54, 1.807) is 28.6 Å². The summed E-state index contributed by atoms with van der Waals surface area (Å²) in [6.07, 6.45) is 1.95. The molecular formula is C14H21ClN2O2S. The van der Waals surface area contributed by atoms with Crippen molar-refractivity contribution in [3.8, 4) is 0 Å². The minimum atomic E-state index is -3.39. The normalized spacial score (nSPS) is 21.3. The molecule has 4 nitrogen and oxygen atoms in total. The number of halogens is 1. The number of piperidine rings is 1. The van der Waals surface area contributed by atoms with Gasteiger partial charge in [0.05, 0.1) is 4.90 Å². The predicted octanol–water partition coefficient (Wildman–Crippen LogP) is 2.14. The number of nitrogens with zero attached hydrogens (tertiary/aromatic N) is 2. The van der Waals surface area contributed by atoms with Crippen LogP contribution in [0, 0.1) is 0 Å². The van der Waals surface area contributed by atoms with E-state index in [1.165, 1.54) is 0 Å². The van der Waals surface area contributed by atoms with Crippen molar-refractivity contribution < 1.29 is 8.42 Å². The Morgan fingerprint density at radius 3 is 2.50 bits per heavy atom. The average Bonchev–Trinajstić information content (AvgIpc) is 2.47. The van der Waals surface area contributed by atoms with Gasteiger partial charge in [-0.3, -0.25) is 0 Å². The average molecular weight is 317 g/mol. The molecule has 1 unspecified atom stereocenters. The Labute approximate surface area is 126 Å². The van der Waals surface area contributed by atoms with Crippen LogP contribution in [-0.4, -0.2) is 50.8 Å². The number of hydrogen-bond donors (Lipinski definition) is 0. The lowest BCUT2D eigenvalue weighted by Crippen LogP contribution is -2.47. The zero-order valence-electron chi connectivity index (χ0n) is 11.9. The van der Waals surface area contributed by atoms with Gasteiger partial charge in [0.1, 0.15) is 0 Å². The Bertz CT molecular complexity index is 543. The summed E-state index contributed by atoms with van der Waals surface area (Å²) >= 11 is 5.73.